The van der Waals surface area contributed by atoms with Crippen LogP contribution in [0.1, 0.15) is 19.0 Å². The molecule has 0 saturated heterocycles. The number of aryl methyl sites for hydroxylation is 1. The average Bonchev–Trinajstić information content (AvgIpc) is 3.13. The molecule has 0 spiro atoms. The minimum atomic E-state index is -0.0287. The highest BCUT2D eigenvalue weighted by atomic mass is 16.5. The molecule has 1 amide bonds. The summed E-state index contributed by atoms with van der Waals surface area (Å²) in [5.74, 6) is 0.766. The summed E-state index contributed by atoms with van der Waals surface area (Å²) in [5.41, 5.74) is 4.66. The molecule has 5 nitrogen and oxygen atoms in total. The van der Waals surface area contributed by atoms with E-state index in [4.69, 9.17) is 9.72 Å². The fraction of sp³-hybridized carbons (Fsp3) is 0.167. The van der Waals surface area contributed by atoms with Gasteiger partial charge in [0.15, 0.2) is 0 Å². The summed E-state index contributed by atoms with van der Waals surface area (Å²) in [6, 6.07) is 23.4. The number of ether oxygens (including phenoxy) is 1. The highest BCUT2D eigenvalue weighted by Crippen LogP contribution is 2.25. The molecule has 1 N–H and O–H groups in total. The van der Waals surface area contributed by atoms with E-state index >= 15 is 0 Å². The Kier molecular flexibility index (Phi) is 5.56. The second kappa shape index (κ2) is 8.61. The first kappa shape index (κ1) is 18.7. The van der Waals surface area contributed by atoms with E-state index in [0.29, 0.717) is 19.4 Å². The summed E-state index contributed by atoms with van der Waals surface area (Å²) in [7, 11) is 0. The number of pyridine rings is 1. The number of nitrogens with zero attached hydrogens (tertiary/aromatic N) is 2. The van der Waals surface area contributed by atoms with E-state index in [1.807, 2.05) is 85.9 Å². The van der Waals surface area contributed by atoms with E-state index in [9.17, 15) is 4.79 Å². The Hall–Kier alpha value is -3.60. The second-order valence-corrected chi connectivity index (χ2v) is 6.71. The Bertz CT molecular complexity index is 1100. The van der Waals surface area contributed by atoms with Crippen molar-refractivity contribution in [3.8, 4) is 17.0 Å². The van der Waals surface area contributed by atoms with Gasteiger partial charge in [-0.1, -0.05) is 36.4 Å². The van der Waals surface area contributed by atoms with Crippen LogP contribution in [0.2, 0.25) is 0 Å². The largest absolute Gasteiger partial charge is 0.494 e. The maximum atomic E-state index is 12.5. The van der Waals surface area contributed by atoms with Crippen molar-refractivity contribution in [1.82, 2.24) is 9.38 Å². The number of anilines is 1. The molecule has 146 valence electrons. The van der Waals surface area contributed by atoms with Crippen LogP contribution in [0.5, 0.6) is 5.75 Å². The zero-order valence-corrected chi connectivity index (χ0v) is 16.3. The molecule has 2 heterocycles. The standard InChI is InChI=1S/C24H23N3O2/c1-2-29-20-13-11-19(12-14-20)25-23(28)16-15-21-24(18-8-4-3-5-9-18)26-22-10-6-7-17-27(21)22/h3-14,17H,2,15-16H2,1H3,(H,25,28). The number of benzene rings is 2. The van der Waals surface area contributed by atoms with Gasteiger partial charge in [-0.25, -0.2) is 4.98 Å². The molecule has 4 aromatic rings. The molecule has 0 aliphatic carbocycles. The number of hydrogen-bond donors (Lipinski definition) is 1. The molecule has 0 saturated carbocycles. The van der Waals surface area contributed by atoms with E-state index in [0.717, 1.165) is 34.0 Å². The van der Waals surface area contributed by atoms with Gasteiger partial charge in [0.25, 0.3) is 0 Å². The molecule has 0 bridgehead atoms. The van der Waals surface area contributed by atoms with Crippen LogP contribution in [0, 0.1) is 0 Å². The lowest BCUT2D eigenvalue weighted by Crippen LogP contribution is -2.13. The second-order valence-electron chi connectivity index (χ2n) is 6.71. The molecular formula is C24H23N3O2. The Morgan fingerprint density at radius 3 is 2.52 bits per heavy atom. The zero-order valence-electron chi connectivity index (χ0n) is 16.3. The molecule has 0 fully saturated rings. The van der Waals surface area contributed by atoms with Gasteiger partial charge in [0.1, 0.15) is 11.4 Å². The highest BCUT2D eigenvalue weighted by molar-refractivity contribution is 5.91. The minimum absolute atomic E-state index is 0.0287. The first-order valence-corrected chi connectivity index (χ1v) is 9.78. The Morgan fingerprint density at radius 2 is 1.76 bits per heavy atom. The van der Waals surface area contributed by atoms with E-state index < -0.39 is 0 Å². The van der Waals surface area contributed by atoms with Gasteiger partial charge in [0.05, 0.1) is 18.0 Å². The number of aromatic nitrogens is 2. The van der Waals surface area contributed by atoms with E-state index in [2.05, 4.69) is 9.72 Å². The highest BCUT2D eigenvalue weighted by Gasteiger charge is 2.15. The van der Waals surface area contributed by atoms with Crippen LogP contribution in [-0.2, 0) is 11.2 Å². The molecule has 0 aliphatic rings. The molecule has 4 rings (SSSR count). The fourth-order valence-corrected chi connectivity index (χ4v) is 3.37. The summed E-state index contributed by atoms with van der Waals surface area (Å²) >= 11 is 0. The van der Waals surface area contributed by atoms with Gasteiger partial charge in [-0.15, -0.1) is 0 Å². The fourth-order valence-electron chi connectivity index (χ4n) is 3.37. The van der Waals surface area contributed by atoms with Crippen molar-refractivity contribution in [1.29, 1.82) is 0 Å². The van der Waals surface area contributed by atoms with Crippen molar-refractivity contribution >= 4 is 17.2 Å². The third-order valence-electron chi connectivity index (χ3n) is 4.71. The number of fused-ring (bicyclic) bond motifs is 1. The molecule has 0 aliphatic heterocycles. The topological polar surface area (TPSA) is 55.6 Å². The summed E-state index contributed by atoms with van der Waals surface area (Å²) < 4.78 is 7.50. The summed E-state index contributed by atoms with van der Waals surface area (Å²) in [4.78, 5) is 17.3. The summed E-state index contributed by atoms with van der Waals surface area (Å²) in [6.45, 7) is 2.56. The number of carbonyl (C=O) groups is 1. The first-order chi connectivity index (χ1) is 14.2. The van der Waals surface area contributed by atoms with Crippen LogP contribution in [0.25, 0.3) is 16.9 Å². The molecular weight excluding hydrogens is 362 g/mol. The first-order valence-electron chi connectivity index (χ1n) is 9.78. The lowest BCUT2D eigenvalue weighted by Gasteiger charge is -2.08. The van der Waals surface area contributed by atoms with Crippen LogP contribution in [-0.4, -0.2) is 21.9 Å². The normalized spacial score (nSPS) is 10.8. The predicted molar refractivity (Wildman–Crippen MR) is 115 cm³/mol. The zero-order chi connectivity index (χ0) is 20.1. The van der Waals surface area contributed by atoms with Gasteiger partial charge < -0.3 is 14.5 Å². The molecule has 29 heavy (non-hydrogen) atoms. The molecule has 0 radical (unpaired) electrons. The SMILES string of the molecule is CCOc1ccc(NC(=O)CCc2c(-c3ccccc3)nc3ccccn23)cc1. The van der Waals surface area contributed by atoms with Gasteiger partial charge >= 0.3 is 0 Å². The Balaban J connectivity index is 1.51. The van der Waals surface area contributed by atoms with Crippen LogP contribution in [0.3, 0.4) is 0 Å². The molecule has 0 unspecified atom stereocenters. The van der Waals surface area contributed by atoms with Crippen molar-refractivity contribution in [2.75, 3.05) is 11.9 Å². The van der Waals surface area contributed by atoms with Crippen molar-refractivity contribution in [2.45, 2.75) is 19.8 Å². The van der Waals surface area contributed by atoms with Crippen LogP contribution in [0.15, 0.2) is 79.0 Å². The number of amides is 1. The van der Waals surface area contributed by atoms with Crippen molar-refractivity contribution in [3.63, 3.8) is 0 Å². The van der Waals surface area contributed by atoms with Crippen molar-refractivity contribution in [3.05, 3.63) is 84.7 Å². The predicted octanol–water partition coefficient (Wildman–Crippen LogP) is 4.97. The lowest BCUT2D eigenvalue weighted by atomic mass is 10.1. The van der Waals surface area contributed by atoms with Gasteiger partial charge in [0.2, 0.25) is 5.91 Å². The quantitative estimate of drug-likeness (QED) is 0.489. The van der Waals surface area contributed by atoms with Gasteiger partial charge in [0, 0.05) is 23.9 Å². The smallest absolute Gasteiger partial charge is 0.224 e. The Morgan fingerprint density at radius 1 is 1.00 bits per heavy atom. The van der Waals surface area contributed by atoms with Crippen molar-refractivity contribution < 1.29 is 9.53 Å². The lowest BCUT2D eigenvalue weighted by molar-refractivity contribution is -0.116. The van der Waals surface area contributed by atoms with Gasteiger partial charge in [-0.05, 0) is 49.7 Å². The van der Waals surface area contributed by atoms with E-state index in [1.54, 1.807) is 0 Å². The van der Waals surface area contributed by atoms with Gasteiger partial charge in [-0.2, -0.15) is 0 Å². The number of carbonyl (C=O) groups excluding carboxylic acids is 1. The third-order valence-corrected chi connectivity index (χ3v) is 4.71. The molecule has 2 aromatic carbocycles. The van der Waals surface area contributed by atoms with E-state index in [1.165, 1.54) is 0 Å². The Labute approximate surface area is 170 Å². The third kappa shape index (κ3) is 4.29. The summed E-state index contributed by atoms with van der Waals surface area (Å²) in [6.07, 6.45) is 2.96. The number of hydrogen-bond acceptors (Lipinski definition) is 3. The average molecular weight is 385 g/mol. The van der Waals surface area contributed by atoms with Crippen LogP contribution in [0.4, 0.5) is 5.69 Å². The van der Waals surface area contributed by atoms with Crippen molar-refractivity contribution in [2.24, 2.45) is 0 Å². The maximum Gasteiger partial charge on any atom is 0.224 e. The number of nitrogens with one attached hydrogen (secondary N) is 1. The van der Waals surface area contributed by atoms with Gasteiger partial charge in [-0.3, -0.25) is 4.79 Å². The number of imidazole rings is 1. The molecule has 2 aromatic heterocycles. The monoisotopic (exact) mass is 385 g/mol. The summed E-state index contributed by atoms with van der Waals surface area (Å²) in [5, 5.41) is 2.96. The maximum absolute atomic E-state index is 12.5. The van der Waals surface area contributed by atoms with Crippen LogP contribution < -0.4 is 10.1 Å². The molecule has 0 atom stereocenters. The van der Waals surface area contributed by atoms with E-state index in [-0.39, 0.29) is 5.91 Å². The molecule has 5 heteroatoms. The van der Waals surface area contributed by atoms with Crippen LogP contribution >= 0.6 is 0 Å². The minimum Gasteiger partial charge on any atom is -0.494 e. The number of rotatable bonds is 7.